The second-order valence-corrected chi connectivity index (χ2v) is 8.43. The Labute approximate surface area is 184 Å². The molecule has 2 aromatic carbocycles. The van der Waals surface area contributed by atoms with Crippen molar-refractivity contribution in [3.8, 4) is 5.69 Å². The van der Waals surface area contributed by atoms with Crippen LogP contribution in [0.25, 0.3) is 16.6 Å². The van der Waals surface area contributed by atoms with E-state index in [9.17, 15) is 9.59 Å². The van der Waals surface area contributed by atoms with E-state index in [4.69, 9.17) is 9.40 Å². The molecule has 4 aromatic rings. The van der Waals surface area contributed by atoms with Crippen molar-refractivity contribution >= 4 is 28.6 Å². The molecule has 1 amide bonds. The monoisotopic (exact) mass is 433 g/mol. The Balaban J connectivity index is 1.67. The summed E-state index contributed by atoms with van der Waals surface area (Å²) in [5.41, 5.74) is 3.31. The lowest BCUT2D eigenvalue weighted by Crippen LogP contribution is -2.28. The predicted octanol–water partition coefficient (Wildman–Crippen LogP) is 4.57. The Morgan fingerprint density at radius 3 is 2.58 bits per heavy atom. The second kappa shape index (κ2) is 8.81. The van der Waals surface area contributed by atoms with Crippen molar-refractivity contribution in [3.63, 3.8) is 0 Å². The summed E-state index contributed by atoms with van der Waals surface area (Å²) in [6.07, 6.45) is 1.58. The van der Waals surface area contributed by atoms with Gasteiger partial charge in [0.25, 0.3) is 5.56 Å². The van der Waals surface area contributed by atoms with E-state index in [2.05, 4.69) is 11.4 Å². The molecular formula is C24H23N3O3S. The fourth-order valence-corrected chi connectivity index (χ4v) is 4.36. The van der Waals surface area contributed by atoms with Crippen LogP contribution in [0.4, 0.5) is 0 Å². The smallest absolute Gasteiger partial charge is 0.266 e. The summed E-state index contributed by atoms with van der Waals surface area (Å²) in [5.74, 6) is 0.651. The molecule has 0 aliphatic carbocycles. The summed E-state index contributed by atoms with van der Waals surface area (Å²) >= 11 is 1.24. The molecule has 0 spiro atoms. The number of aryl methyl sites for hydroxylation is 2. The molecule has 0 fully saturated rings. The van der Waals surface area contributed by atoms with E-state index in [1.807, 2.05) is 57.2 Å². The van der Waals surface area contributed by atoms with Crippen LogP contribution in [0.3, 0.4) is 0 Å². The molecule has 0 saturated carbocycles. The second-order valence-electron chi connectivity index (χ2n) is 7.49. The third kappa shape index (κ3) is 4.56. The lowest BCUT2D eigenvalue weighted by Gasteiger charge is -2.15. The van der Waals surface area contributed by atoms with E-state index in [0.717, 1.165) is 16.8 Å². The minimum atomic E-state index is -0.241. The summed E-state index contributed by atoms with van der Waals surface area (Å²) in [6, 6.07) is 16.6. The minimum absolute atomic E-state index is 0.126. The minimum Gasteiger partial charge on any atom is -0.467 e. The number of amides is 1. The molecule has 0 radical (unpaired) electrons. The lowest BCUT2D eigenvalue weighted by molar-refractivity contribution is -0.119. The number of rotatable bonds is 6. The van der Waals surface area contributed by atoms with Gasteiger partial charge in [0, 0.05) is 0 Å². The van der Waals surface area contributed by atoms with Crippen LogP contribution >= 0.6 is 11.8 Å². The number of benzene rings is 2. The van der Waals surface area contributed by atoms with Crippen LogP contribution in [0.15, 0.2) is 75.2 Å². The van der Waals surface area contributed by atoms with Gasteiger partial charge in [0.15, 0.2) is 5.16 Å². The van der Waals surface area contributed by atoms with Gasteiger partial charge in [0.1, 0.15) is 5.76 Å². The summed E-state index contributed by atoms with van der Waals surface area (Å²) in [5, 5.41) is 3.94. The Morgan fingerprint density at radius 1 is 1.13 bits per heavy atom. The van der Waals surface area contributed by atoms with Crippen molar-refractivity contribution in [1.82, 2.24) is 14.9 Å². The van der Waals surface area contributed by atoms with Crippen LogP contribution in [0, 0.1) is 13.8 Å². The number of thioether (sulfide) groups is 1. The van der Waals surface area contributed by atoms with Gasteiger partial charge in [-0.05, 0) is 68.3 Å². The Hall–Kier alpha value is -3.32. The SMILES string of the molecule is Cc1cc(C)cc(-n2c(SCC(=O)NC(C)c3ccco3)nc3ccccc3c2=O)c1. The van der Waals surface area contributed by atoms with Crippen LogP contribution in [0.2, 0.25) is 0 Å². The zero-order chi connectivity index (χ0) is 22.0. The van der Waals surface area contributed by atoms with Crippen molar-refractivity contribution in [2.45, 2.75) is 32.0 Å². The standard InChI is InChI=1S/C24H23N3O3S/c1-15-11-16(2)13-18(12-15)27-23(29)19-7-4-5-8-20(19)26-24(27)31-14-22(28)25-17(3)21-9-6-10-30-21/h4-13,17H,14H2,1-3H3,(H,25,28). The molecule has 1 unspecified atom stereocenters. The number of aromatic nitrogens is 2. The molecule has 0 aliphatic rings. The first-order valence-corrected chi connectivity index (χ1v) is 11.0. The molecule has 0 saturated heterocycles. The maximum atomic E-state index is 13.3. The fourth-order valence-electron chi connectivity index (χ4n) is 3.54. The number of hydrogen-bond donors (Lipinski definition) is 1. The van der Waals surface area contributed by atoms with Crippen molar-refractivity contribution < 1.29 is 9.21 Å². The number of hydrogen-bond acceptors (Lipinski definition) is 5. The van der Waals surface area contributed by atoms with Crippen molar-refractivity contribution in [3.05, 3.63) is 88.1 Å². The van der Waals surface area contributed by atoms with Gasteiger partial charge in [-0.3, -0.25) is 14.2 Å². The van der Waals surface area contributed by atoms with Gasteiger partial charge < -0.3 is 9.73 Å². The predicted molar refractivity (Wildman–Crippen MR) is 123 cm³/mol. The summed E-state index contributed by atoms with van der Waals surface area (Å²) in [4.78, 5) is 30.6. The first-order valence-electron chi connectivity index (χ1n) is 9.98. The zero-order valence-electron chi connectivity index (χ0n) is 17.6. The highest BCUT2D eigenvalue weighted by atomic mass is 32.2. The molecule has 0 aliphatic heterocycles. The Morgan fingerprint density at radius 2 is 1.87 bits per heavy atom. The number of carbonyl (C=O) groups excluding carboxylic acids is 1. The van der Waals surface area contributed by atoms with Crippen LogP contribution < -0.4 is 10.9 Å². The maximum absolute atomic E-state index is 13.3. The average Bonchev–Trinajstić information content (AvgIpc) is 3.27. The van der Waals surface area contributed by atoms with Crippen molar-refractivity contribution in [2.75, 3.05) is 5.75 Å². The Bertz CT molecular complexity index is 1280. The Kier molecular flexibility index (Phi) is 5.95. The van der Waals surface area contributed by atoms with Crippen molar-refractivity contribution in [2.24, 2.45) is 0 Å². The highest BCUT2D eigenvalue weighted by molar-refractivity contribution is 7.99. The molecule has 2 aromatic heterocycles. The van der Waals surface area contributed by atoms with E-state index < -0.39 is 0 Å². The number of furan rings is 1. The molecular weight excluding hydrogens is 410 g/mol. The largest absolute Gasteiger partial charge is 0.467 e. The first kappa shape index (κ1) is 20.9. The number of para-hydroxylation sites is 1. The third-order valence-electron chi connectivity index (χ3n) is 4.89. The van der Waals surface area contributed by atoms with E-state index in [0.29, 0.717) is 21.8 Å². The average molecular weight is 434 g/mol. The van der Waals surface area contributed by atoms with Gasteiger partial charge in [-0.1, -0.05) is 30.0 Å². The van der Waals surface area contributed by atoms with Gasteiger partial charge in [-0.25, -0.2) is 4.98 Å². The lowest BCUT2D eigenvalue weighted by atomic mass is 10.1. The molecule has 158 valence electrons. The van der Waals surface area contributed by atoms with Crippen LogP contribution in [-0.4, -0.2) is 21.2 Å². The van der Waals surface area contributed by atoms with Gasteiger partial charge in [0.05, 0.1) is 34.6 Å². The molecule has 2 heterocycles. The normalized spacial score (nSPS) is 12.1. The number of nitrogens with zero attached hydrogens (tertiary/aromatic N) is 2. The van der Waals surface area contributed by atoms with Crippen LogP contribution in [0.1, 0.15) is 29.9 Å². The van der Waals surface area contributed by atoms with Gasteiger partial charge in [0.2, 0.25) is 5.91 Å². The first-order chi connectivity index (χ1) is 14.9. The highest BCUT2D eigenvalue weighted by Gasteiger charge is 2.17. The van der Waals surface area contributed by atoms with Gasteiger partial charge in [-0.2, -0.15) is 0 Å². The molecule has 6 nitrogen and oxygen atoms in total. The van der Waals surface area contributed by atoms with E-state index in [1.54, 1.807) is 23.0 Å². The van der Waals surface area contributed by atoms with E-state index in [-0.39, 0.29) is 23.3 Å². The molecule has 1 N–H and O–H groups in total. The number of carbonyl (C=O) groups is 1. The van der Waals surface area contributed by atoms with Crippen LogP contribution in [0.5, 0.6) is 0 Å². The van der Waals surface area contributed by atoms with Gasteiger partial charge >= 0.3 is 0 Å². The van der Waals surface area contributed by atoms with E-state index in [1.165, 1.54) is 11.8 Å². The molecule has 1 atom stereocenters. The fraction of sp³-hybridized carbons (Fsp3) is 0.208. The van der Waals surface area contributed by atoms with Crippen LogP contribution in [-0.2, 0) is 4.79 Å². The zero-order valence-corrected chi connectivity index (χ0v) is 18.4. The maximum Gasteiger partial charge on any atom is 0.266 e. The third-order valence-corrected chi connectivity index (χ3v) is 5.83. The molecule has 7 heteroatoms. The molecule has 0 bridgehead atoms. The highest BCUT2D eigenvalue weighted by Crippen LogP contribution is 2.23. The quantitative estimate of drug-likeness (QED) is 0.356. The summed E-state index contributed by atoms with van der Waals surface area (Å²) in [7, 11) is 0. The topological polar surface area (TPSA) is 77.1 Å². The van der Waals surface area contributed by atoms with Crippen molar-refractivity contribution in [1.29, 1.82) is 0 Å². The molecule has 31 heavy (non-hydrogen) atoms. The number of nitrogens with one attached hydrogen (secondary N) is 1. The number of fused-ring (bicyclic) bond motifs is 1. The van der Waals surface area contributed by atoms with E-state index >= 15 is 0 Å². The summed E-state index contributed by atoms with van der Waals surface area (Å²) < 4.78 is 6.94. The summed E-state index contributed by atoms with van der Waals surface area (Å²) in [6.45, 7) is 5.85. The van der Waals surface area contributed by atoms with Gasteiger partial charge in [-0.15, -0.1) is 0 Å². The molecule has 4 rings (SSSR count).